The molecule has 69 heavy (non-hydrogen) atoms. The van der Waals surface area contributed by atoms with E-state index in [1.54, 1.807) is 24.3 Å². The molecule has 0 aliphatic rings. The average molecular weight is 999 g/mol. The second kappa shape index (κ2) is 22.6. The molecule has 1 unspecified atom stereocenters. The van der Waals surface area contributed by atoms with Crippen LogP contribution in [0.5, 0.6) is 28.7 Å². The van der Waals surface area contributed by atoms with Crippen molar-refractivity contribution >= 4 is 70.7 Å². The van der Waals surface area contributed by atoms with E-state index >= 15 is 0 Å². The number of rotatable bonds is 17. The molecule has 6 rings (SSSR count). The van der Waals surface area contributed by atoms with Gasteiger partial charge in [-0.1, -0.05) is 84.9 Å². The summed E-state index contributed by atoms with van der Waals surface area (Å²) in [5.74, 6) is -1.25. The smallest absolute Gasteiger partial charge is 0.744 e. The van der Waals surface area contributed by atoms with Crippen LogP contribution in [0.2, 0.25) is 0 Å². The number of hydrogen-bond donors (Lipinski definition) is 4. The van der Waals surface area contributed by atoms with Gasteiger partial charge in [0.2, 0.25) is 5.91 Å². The van der Waals surface area contributed by atoms with Gasteiger partial charge in [0.15, 0.2) is 5.75 Å². The van der Waals surface area contributed by atoms with E-state index in [9.17, 15) is 45.7 Å². The predicted molar refractivity (Wildman–Crippen MR) is 252 cm³/mol. The number of anilines is 1. The van der Waals surface area contributed by atoms with E-state index in [1.807, 2.05) is 13.0 Å². The van der Waals surface area contributed by atoms with Crippen molar-refractivity contribution < 1.29 is 114 Å². The van der Waals surface area contributed by atoms with Crippen LogP contribution in [-0.4, -0.2) is 60.6 Å². The fraction of sp³-hybridized carbons (Fsp3) is 0.306. The molecule has 0 saturated heterocycles. The molecular weight excluding hydrogens is 947 g/mol. The molecule has 0 heterocycles. The van der Waals surface area contributed by atoms with E-state index in [-0.39, 0.29) is 121 Å². The number of fused-ring (bicyclic) bond motifs is 2. The normalized spacial score (nSPS) is 12.6. The summed E-state index contributed by atoms with van der Waals surface area (Å²) in [6, 6.07) is 22.6. The van der Waals surface area contributed by atoms with Gasteiger partial charge in [0.1, 0.15) is 55.0 Å². The third-order valence-electron chi connectivity index (χ3n) is 12.0. The summed E-state index contributed by atoms with van der Waals surface area (Å²) >= 11 is 0. The van der Waals surface area contributed by atoms with Gasteiger partial charge in [-0.3, -0.25) is 9.59 Å². The van der Waals surface area contributed by atoms with E-state index in [2.05, 4.69) is 74.5 Å². The van der Waals surface area contributed by atoms with Gasteiger partial charge in [-0.15, -0.1) is 5.11 Å². The zero-order chi connectivity index (χ0) is 49.2. The van der Waals surface area contributed by atoms with Gasteiger partial charge in [-0.2, -0.15) is 5.11 Å². The van der Waals surface area contributed by atoms with Crippen molar-refractivity contribution in [2.45, 2.75) is 101 Å². The van der Waals surface area contributed by atoms with Crippen LogP contribution in [0, 0.1) is 0 Å². The van der Waals surface area contributed by atoms with Crippen LogP contribution in [0.1, 0.15) is 96.1 Å². The minimum atomic E-state index is -5.40. The number of amides is 2. The number of carbonyl (C=O) groups excluding carboxylic acids is 2. The molecule has 0 bridgehead atoms. The first kappa shape index (κ1) is 57.0. The van der Waals surface area contributed by atoms with Crippen molar-refractivity contribution in [3.63, 3.8) is 0 Å². The van der Waals surface area contributed by atoms with Crippen LogP contribution in [0.3, 0.4) is 0 Å². The first-order chi connectivity index (χ1) is 31.4. The quantitative estimate of drug-likeness (QED) is 0.0566. The number of aromatic hydroxyl groups is 2. The number of ether oxygens (including phenoxy) is 2. The van der Waals surface area contributed by atoms with Crippen LogP contribution in [0.4, 0.5) is 17.1 Å². The Morgan fingerprint density at radius 3 is 1.97 bits per heavy atom. The topological polar surface area (TPSA) is 256 Å². The maximum Gasteiger partial charge on any atom is 1.00 e. The number of phenols is 2. The maximum absolute atomic E-state index is 13.8. The first-order valence-electron chi connectivity index (χ1n) is 21.5. The Morgan fingerprint density at radius 2 is 1.39 bits per heavy atom. The Morgan fingerprint density at radius 1 is 0.754 bits per heavy atom. The molecule has 16 nitrogen and oxygen atoms in total. The van der Waals surface area contributed by atoms with Crippen molar-refractivity contribution in [3.8, 4) is 28.7 Å². The molecule has 0 fully saturated rings. The summed E-state index contributed by atoms with van der Waals surface area (Å²) in [7, 11) is -10.5. The van der Waals surface area contributed by atoms with E-state index in [0.29, 0.717) is 23.3 Å². The fourth-order valence-electron chi connectivity index (χ4n) is 7.31. The van der Waals surface area contributed by atoms with Gasteiger partial charge in [0, 0.05) is 28.6 Å². The molecule has 0 radical (unpaired) electrons. The first-order valence-corrected chi connectivity index (χ1v) is 24.3. The molecule has 0 aromatic heterocycles. The van der Waals surface area contributed by atoms with Gasteiger partial charge in [0.25, 0.3) is 5.91 Å². The van der Waals surface area contributed by atoms with Gasteiger partial charge in [0.05, 0.1) is 33.3 Å². The molecule has 0 spiro atoms. The number of azo groups is 1. The zero-order valence-corrected chi connectivity index (χ0v) is 45.9. The van der Waals surface area contributed by atoms with Crippen molar-refractivity contribution in [1.29, 1.82) is 0 Å². The standard InChI is InChI=1S/C49H54N4O12S2.2Na/c1-9-32(64-40-21-16-30(48(5,6)10-2)24-38(40)49(7,8)11-3)27-50-47(57)37-26-41(35-14-12-13-15-36(35)45(37)55)65-33-19-17-31(18-20-33)52-53-44-42(67(61,62)63)23-29-22-34(66(58,59)60)25-39(51-28(4)54)43(29)46(44)56;;/h12-26,32,55-56H,9-11,27H2,1-8H3,(H,50,57)(H,51,54)(H,58,59,60)(H,61,62,63);;/q;2*+1/p-2. The number of nitrogens with one attached hydrogen (secondary N) is 2. The monoisotopic (exact) mass is 998 g/mol. The van der Waals surface area contributed by atoms with Crippen LogP contribution in [0.15, 0.2) is 111 Å². The van der Waals surface area contributed by atoms with Crippen LogP contribution >= 0.6 is 0 Å². The molecule has 6 aromatic rings. The molecular formula is C49H52N4Na2O12S2. The second-order valence-corrected chi connectivity index (χ2v) is 20.1. The van der Waals surface area contributed by atoms with Gasteiger partial charge in [-0.05, 0) is 95.6 Å². The number of nitrogens with zero attached hydrogens (tertiary/aromatic N) is 2. The summed E-state index contributed by atoms with van der Waals surface area (Å²) < 4.78 is 85.4. The number of benzene rings is 6. The molecule has 354 valence electrons. The maximum atomic E-state index is 13.8. The molecule has 0 saturated carbocycles. The molecule has 0 aliphatic carbocycles. The van der Waals surface area contributed by atoms with Gasteiger partial charge in [-0.25, -0.2) is 16.8 Å². The molecule has 1 atom stereocenters. The second-order valence-electron chi connectivity index (χ2n) is 17.4. The number of carbonyl (C=O) groups is 2. The van der Waals surface area contributed by atoms with Crippen molar-refractivity contribution in [3.05, 3.63) is 108 Å². The number of hydrogen-bond acceptors (Lipinski definition) is 14. The van der Waals surface area contributed by atoms with Crippen LogP contribution in [-0.2, 0) is 35.9 Å². The fourth-order valence-corrected chi connectivity index (χ4v) is 8.49. The summed E-state index contributed by atoms with van der Waals surface area (Å²) in [6.07, 6.45) is 2.05. The van der Waals surface area contributed by atoms with Gasteiger partial charge < -0.3 is 39.4 Å². The summed E-state index contributed by atoms with van der Waals surface area (Å²) in [5.41, 5.74) is 0.982. The van der Waals surface area contributed by atoms with E-state index in [4.69, 9.17) is 9.47 Å². The van der Waals surface area contributed by atoms with Crippen LogP contribution < -0.4 is 79.2 Å². The summed E-state index contributed by atoms with van der Waals surface area (Å²) in [4.78, 5) is 23.9. The molecule has 6 aromatic carbocycles. The van der Waals surface area contributed by atoms with E-state index in [0.717, 1.165) is 43.2 Å². The van der Waals surface area contributed by atoms with E-state index in [1.165, 1.54) is 35.9 Å². The number of phenolic OH excluding ortho intramolecular Hbond substituents is 2. The average Bonchev–Trinajstić information content (AvgIpc) is 3.27. The minimum Gasteiger partial charge on any atom is -0.744 e. The Hall–Kier alpha value is -4.60. The van der Waals surface area contributed by atoms with Gasteiger partial charge >= 0.3 is 59.1 Å². The minimum absolute atomic E-state index is 0. The third-order valence-corrected chi connectivity index (χ3v) is 13.7. The zero-order valence-electron chi connectivity index (χ0n) is 40.3. The van der Waals surface area contributed by atoms with E-state index < -0.39 is 59.4 Å². The Kier molecular flexibility index (Phi) is 18.7. The van der Waals surface area contributed by atoms with Crippen molar-refractivity contribution in [1.82, 2.24) is 5.32 Å². The Balaban J connectivity index is 0.00000518. The predicted octanol–water partition coefficient (Wildman–Crippen LogP) is 4.35. The van der Waals surface area contributed by atoms with Crippen LogP contribution in [0.25, 0.3) is 21.5 Å². The van der Waals surface area contributed by atoms with Crippen molar-refractivity contribution in [2.75, 3.05) is 11.9 Å². The molecule has 2 amide bonds. The molecule has 0 aliphatic heterocycles. The molecule has 4 N–H and O–H groups in total. The Labute approximate surface area is 446 Å². The third kappa shape index (κ3) is 13.0. The molecule has 20 heteroatoms. The SMILES string of the molecule is CCC(CNC(=O)c1cc(Oc2ccc(N=Nc3c(S(=O)(=O)[O-])cc4cc(S(=O)(=O)[O-])cc(NC(C)=O)c4c3O)cc2)c2ccccc2c1O)Oc1ccc(C(C)(C)CC)cc1C(C)(C)CC.[Na+].[Na+]. The van der Waals surface area contributed by atoms with Crippen molar-refractivity contribution in [2.24, 2.45) is 10.2 Å². The largest absolute Gasteiger partial charge is 1.00 e. The summed E-state index contributed by atoms with van der Waals surface area (Å²) in [5, 5.41) is 35.8. The summed E-state index contributed by atoms with van der Waals surface area (Å²) in [6.45, 7) is 16.3. The Bertz CT molecular complexity index is 3160.